The van der Waals surface area contributed by atoms with Crippen molar-refractivity contribution in [2.24, 2.45) is 5.92 Å². The average Bonchev–Trinajstić information content (AvgIpc) is 2.85. The Morgan fingerprint density at radius 2 is 1.76 bits per heavy atom. The number of carbonyl (C=O) groups excluding carboxylic acids is 1. The van der Waals surface area contributed by atoms with Crippen molar-refractivity contribution >= 4 is 27.5 Å². The van der Waals surface area contributed by atoms with Crippen molar-refractivity contribution in [2.45, 2.75) is 55.8 Å². The molecule has 0 spiro atoms. The van der Waals surface area contributed by atoms with Crippen LogP contribution in [0.15, 0.2) is 71.6 Å². The van der Waals surface area contributed by atoms with Crippen molar-refractivity contribution in [3.8, 4) is 5.75 Å². The van der Waals surface area contributed by atoms with E-state index in [0.29, 0.717) is 22.8 Å². The van der Waals surface area contributed by atoms with Gasteiger partial charge in [0, 0.05) is 22.1 Å². The van der Waals surface area contributed by atoms with E-state index in [0.717, 1.165) is 18.4 Å². The zero-order valence-corrected chi connectivity index (χ0v) is 22.0. The van der Waals surface area contributed by atoms with Gasteiger partial charge in [0.25, 0.3) is 15.9 Å². The maximum Gasteiger partial charge on any atom is 0.265 e. The Bertz CT molecular complexity index is 1420. The van der Waals surface area contributed by atoms with E-state index in [2.05, 4.69) is 4.72 Å². The van der Waals surface area contributed by atoms with E-state index in [1.807, 2.05) is 13.8 Å². The summed E-state index contributed by atoms with van der Waals surface area (Å²) in [5, 5.41) is 0.391. The molecule has 0 radical (unpaired) electrons. The van der Waals surface area contributed by atoms with Crippen LogP contribution in [0.4, 0.5) is 4.39 Å². The molecule has 0 bridgehead atoms. The summed E-state index contributed by atoms with van der Waals surface area (Å²) in [5.74, 6) is -0.387. The molecule has 5 rings (SSSR count). The predicted molar refractivity (Wildman–Crippen MR) is 138 cm³/mol. The second-order valence-corrected chi connectivity index (χ2v) is 12.2. The minimum absolute atomic E-state index is 0.0422. The Hall–Kier alpha value is -2.94. The fraction of sp³-hybridized carbons (Fsp3) is 0.321. The second-order valence-electron chi connectivity index (χ2n) is 10.0. The maximum atomic E-state index is 13.3. The van der Waals surface area contributed by atoms with Gasteiger partial charge in [-0.25, -0.2) is 17.5 Å². The average molecular weight is 544 g/mol. The quantitative estimate of drug-likeness (QED) is 0.437. The van der Waals surface area contributed by atoms with Crippen LogP contribution in [-0.4, -0.2) is 26.0 Å². The Labute approximate surface area is 220 Å². The number of amides is 1. The molecule has 1 saturated heterocycles. The summed E-state index contributed by atoms with van der Waals surface area (Å²) in [6, 6.07) is 16.8. The van der Waals surface area contributed by atoms with Gasteiger partial charge in [-0.05, 0) is 93.3 Å². The molecule has 3 aromatic rings. The third kappa shape index (κ3) is 5.37. The summed E-state index contributed by atoms with van der Waals surface area (Å²) >= 11 is 5.85. The van der Waals surface area contributed by atoms with Gasteiger partial charge in [0.2, 0.25) is 0 Å². The predicted octanol–water partition coefficient (Wildman–Crippen LogP) is 5.85. The lowest BCUT2D eigenvalue weighted by Gasteiger charge is -2.49. The van der Waals surface area contributed by atoms with E-state index in [-0.39, 0.29) is 34.4 Å². The second kappa shape index (κ2) is 9.74. The fourth-order valence-corrected chi connectivity index (χ4v) is 6.24. The molecule has 9 heteroatoms. The normalized spacial score (nSPS) is 22.3. The SMILES string of the molecule is CC1(C)Oc2ccc(C(=O)NS(=O)(=O)c3ccc(Cl)cc3)cc2[C@@H]2O[C@H](Cc3ccc(F)cc3)CC[C@H]21. The summed E-state index contributed by atoms with van der Waals surface area (Å²) in [6.45, 7) is 4.05. The van der Waals surface area contributed by atoms with E-state index in [1.54, 1.807) is 30.3 Å². The Kier molecular flexibility index (Phi) is 6.77. The lowest BCUT2D eigenvalue weighted by molar-refractivity contribution is -0.149. The minimum Gasteiger partial charge on any atom is -0.487 e. The molecule has 194 valence electrons. The molecule has 2 aliphatic heterocycles. The highest BCUT2D eigenvalue weighted by atomic mass is 35.5. The number of ether oxygens (including phenoxy) is 2. The number of fused-ring (bicyclic) bond motifs is 3. The fourth-order valence-electron chi connectivity index (χ4n) is 5.14. The maximum absolute atomic E-state index is 13.3. The molecule has 1 amide bonds. The number of carbonyl (C=O) groups is 1. The number of halogens is 2. The molecule has 3 atom stereocenters. The molecule has 0 aromatic heterocycles. The Balaban J connectivity index is 1.40. The summed E-state index contributed by atoms with van der Waals surface area (Å²) in [7, 11) is -4.08. The van der Waals surface area contributed by atoms with Gasteiger partial charge >= 0.3 is 0 Å². The molecular weight excluding hydrogens is 517 g/mol. The van der Waals surface area contributed by atoms with Crippen molar-refractivity contribution in [3.63, 3.8) is 0 Å². The van der Waals surface area contributed by atoms with E-state index < -0.39 is 21.5 Å². The number of benzene rings is 3. The van der Waals surface area contributed by atoms with Gasteiger partial charge < -0.3 is 9.47 Å². The van der Waals surface area contributed by atoms with Crippen LogP contribution in [0.5, 0.6) is 5.75 Å². The Morgan fingerprint density at radius 3 is 2.46 bits per heavy atom. The lowest BCUT2D eigenvalue weighted by atomic mass is 9.74. The number of hydrogen-bond donors (Lipinski definition) is 1. The van der Waals surface area contributed by atoms with Crippen LogP contribution >= 0.6 is 11.6 Å². The topological polar surface area (TPSA) is 81.7 Å². The highest BCUT2D eigenvalue weighted by Gasteiger charge is 2.47. The van der Waals surface area contributed by atoms with Crippen molar-refractivity contribution in [2.75, 3.05) is 0 Å². The van der Waals surface area contributed by atoms with Crippen molar-refractivity contribution in [1.82, 2.24) is 4.72 Å². The van der Waals surface area contributed by atoms with Gasteiger partial charge in [0.15, 0.2) is 0 Å². The summed E-state index contributed by atoms with van der Waals surface area (Å²) in [5.41, 5.74) is 1.39. The van der Waals surface area contributed by atoms with Crippen molar-refractivity contribution in [3.05, 3.63) is 94.3 Å². The van der Waals surface area contributed by atoms with E-state index in [1.165, 1.54) is 36.4 Å². The van der Waals surface area contributed by atoms with Gasteiger partial charge in [0.05, 0.1) is 17.1 Å². The smallest absolute Gasteiger partial charge is 0.265 e. The van der Waals surface area contributed by atoms with Crippen LogP contribution in [0.3, 0.4) is 0 Å². The van der Waals surface area contributed by atoms with E-state index >= 15 is 0 Å². The van der Waals surface area contributed by atoms with Gasteiger partial charge in [0.1, 0.15) is 17.2 Å². The molecule has 2 aliphatic rings. The molecule has 0 unspecified atom stereocenters. The van der Waals surface area contributed by atoms with Crippen LogP contribution < -0.4 is 9.46 Å². The number of nitrogens with one attached hydrogen (secondary N) is 1. The van der Waals surface area contributed by atoms with E-state index in [4.69, 9.17) is 21.1 Å². The number of rotatable bonds is 5. The molecule has 6 nitrogen and oxygen atoms in total. The largest absolute Gasteiger partial charge is 0.487 e. The number of sulfonamides is 1. The van der Waals surface area contributed by atoms with Gasteiger partial charge in [-0.15, -0.1) is 0 Å². The highest BCUT2D eigenvalue weighted by molar-refractivity contribution is 7.90. The summed E-state index contributed by atoms with van der Waals surface area (Å²) < 4.78 is 53.8. The zero-order valence-electron chi connectivity index (χ0n) is 20.4. The van der Waals surface area contributed by atoms with E-state index in [9.17, 15) is 17.6 Å². The highest BCUT2D eigenvalue weighted by Crippen LogP contribution is 2.51. The van der Waals surface area contributed by atoms with Crippen LogP contribution in [0.25, 0.3) is 0 Å². The van der Waals surface area contributed by atoms with Crippen LogP contribution in [0.1, 0.15) is 54.3 Å². The molecule has 1 fully saturated rings. The summed E-state index contributed by atoms with van der Waals surface area (Å²) in [6.07, 6.45) is 1.89. The van der Waals surface area contributed by atoms with Crippen LogP contribution in [-0.2, 0) is 21.2 Å². The van der Waals surface area contributed by atoms with Gasteiger partial charge in [-0.1, -0.05) is 23.7 Å². The zero-order chi connectivity index (χ0) is 26.4. The molecule has 0 aliphatic carbocycles. The van der Waals surface area contributed by atoms with Gasteiger partial charge in [-0.3, -0.25) is 4.79 Å². The van der Waals surface area contributed by atoms with Crippen LogP contribution in [0.2, 0.25) is 5.02 Å². The Morgan fingerprint density at radius 1 is 1.05 bits per heavy atom. The molecule has 2 heterocycles. The molecule has 1 N–H and O–H groups in total. The van der Waals surface area contributed by atoms with Crippen molar-refractivity contribution < 1.29 is 27.1 Å². The third-order valence-electron chi connectivity index (χ3n) is 7.08. The van der Waals surface area contributed by atoms with Crippen molar-refractivity contribution in [1.29, 1.82) is 0 Å². The first-order valence-corrected chi connectivity index (χ1v) is 13.9. The molecule has 3 aromatic carbocycles. The molecular formula is C28H27ClFNO5S. The first-order chi connectivity index (χ1) is 17.5. The number of hydrogen-bond acceptors (Lipinski definition) is 5. The van der Waals surface area contributed by atoms with Crippen LogP contribution in [0, 0.1) is 11.7 Å². The van der Waals surface area contributed by atoms with Gasteiger partial charge in [-0.2, -0.15) is 0 Å². The monoisotopic (exact) mass is 543 g/mol. The molecule has 37 heavy (non-hydrogen) atoms. The first kappa shape index (κ1) is 25.7. The minimum atomic E-state index is -4.08. The summed E-state index contributed by atoms with van der Waals surface area (Å²) in [4.78, 5) is 12.9. The third-order valence-corrected chi connectivity index (χ3v) is 8.68. The first-order valence-electron chi connectivity index (χ1n) is 12.1. The standard InChI is InChI=1S/C28H27ClFNO5S/c1-28(2)24-13-10-21(15-17-3-8-20(30)9-4-17)35-26(24)23-16-18(5-14-25(23)36-28)27(32)31-37(33,34)22-11-6-19(29)7-12-22/h3-9,11-12,14,16,21,24,26H,10,13,15H2,1-2H3,(H,31,32)/t21-,24+,26-/m0/s1. The lowest BCUT2D eigenvalue weighted by Crippen LogP contribution is -2.48. The molecule has 0 saturated carbocycles.